The second kappa shape index (κ2) is 8.84. The maximum Gasteiger partial charge on any atom is 0.335 e. The van der Waals surface area contributed by atoms with Crippen LogP contribution in [0.15, 0.2) is 91.1 Å². The summed E-state index contributed by atoms with van der Waals surface area (Å²) in [7, 11) is 0. The fourth-order valence-corrected chi connectivity index (χ4v) is 4.97. The lowest BCUT2D eigenvalue weighted by atomic mass is 9.94. The number of hydrogen-bond donors (Lipinski definition) is 4. The molecule has 6 heteroatoms. The molecule has 0 atom stereocenters. The number of rotatable bonds is 5. The number of carboxylic acid groups (broad SMARTS) is 1. The second-order valence-corrected chi connectivity index (χ2v) is 9.02. The molecule has 180 valence electrons. The molecule has 0 spiro atoms. The highest BCUT2D eigenvalue weighted by Gasteiger charge is 2.29. The summed E-state index contributed by atoms with van der Waals surface area (Å²) in [4.78, 5) is 24.3. The molecule has 4 N–H and O–H groups in total. The van der Waals surface area contributed by atoms with Crippen LogP contribution < -0.4 is 10.6 Å². The van der Waals surface area contributed by atoms with Gasteiger partial charge in [0.2, 0.25) is 0 Å². The third-order valence-electron chi connectivity index (χ3n) is 6.77. The monoisotopic (exact) mass is 486 g/mol. The Morgan fingerprint density at radius 1 is 0.919 bits per heavy atom. The minimum Gasteiger partial charge on any atom is -0.505 e. The minimum absolute atomic E-state index is 0.0391. The molecule has 37 heavy (non-hydrogen) atoms. The highest BCUT2D eigenvalue weighted by molar-refractivity contribution is 6.33. The number of allylic oxidation sites excluding steroid dienone is 1. The van der Waals surface area contributed by atoms with Gasteiger partial charge < -0.3 is 20.8 Å². The number of phenols is 1. The van der Waals surface area contributed by atoms with Crippen LogP contribution in [0, 0.1) is 0 Å². The van der Waals surface area contributed by atoms with E-state index in [9.17, 15) is 19.8 Å². The molecule has 0 aromatic heterocycles. The first-order chi connectivity index (χ1) is 18.0. The number of carbonyl (C=O) groups excluding carboxylic acids is 1. The smallest absolute Gasteiger partial charge is 0.335 e. The van der Waals surface area contributed by atoms with Gasteiger partial charge in [-0.2, -0.15) is 0 Å². The Labute approximate surface area is 213 Å². The molecule has 1 aliphatic carbocycles. The lowest BCUT2D eigenvalue weighted by Gasteiger charge is -2.12. The third kappa shape index (κ3) is 3.94. The van der Waals surface area contributed by atoms with E-state index in [0.29, 0.717) is 22.4 Å². The predicted octanol–water partition coefficient (Wildman–Crippen LogP) is 6.26. The quantitative estimate of drug-likeness (QED) is 0.197. The van der Waals surface area contributed by atoms with E-state index in [2.05, 4.69) is 28.8 Å². The van der Waals surface area contributed by atoms with Crippen LogP contribution >= 0.6 is 0 Å². The third-order valence-corrected chi connectivity index (χ3v) is 6.77. The number of carboxylic acids is 1. The van der Waals surface area contributed by atoms with Crippen molar-refractivity contribution in [2.24, 2.45) is 0 Å². The summed E-state index contributed by atoms with van der Waals surface area (Å²) in [6.07, 6.45) is 4.57. The Kier molecular flexibility index (Phi) is 5.34. The predicted molar refractivity (Wildman–Crippen MR) is 145 cm³/mol. The Morgan fingerprint density at radius 3 is 2.54 bits per heavy atom. The van der Waals surface area contributed by atoms with Crippen molar-refractivity contribution in [3.8, 4) is 16.9 Å². The molecule has 2 aliphatic rings. The molecule has 0 saturated heterocycles. The van der Waals surface area contributed by atoms with Crippen molar-refractivity contribution in [1.82, 2.24) is 0 Å². The number of aromatic hydroxyl groups is 1. The van der Waals surface area contributed by atoms with Gasteiger partial charge in [-0.1, -0.05) is 66.7 Å². The van der Waals surface area contributed by atoms with Gasteiger partial charge in [0, 0.05) is 23.0 Å². The Bertz CT molecular complexity index is 1670. The van der Waals surface area contributed by atoms with Crippen molar-refractivity contribution >= 4 is 40.5 Å². The standard InChI is InChI=1S/C31H22N2O4/c34-29-24(20-8-3-9-21(16-20)31(36)37)11-5-13-27(29)32-17-25-28-23(10-4-12-26(28)33-30(25)35)22-14-18-6-1-2-7-19(18)15-22/h1-14,16-17,32,34H,15H2,(H,33,35)(H,36,37)/b25-17-. The summed E-state index contributed by atoms with van der Waals surface area (Å²) in [6, 6.07) is 25.7. The number of aromatic carboxylic acids is 1. The van der Waals surface area contributed by atoms with Crippen molar-refractivity contribution in [2.45, 2.75) is 6.42 Å². The van der Waals surface area contributed by atoms with E-state index in [1.165, 1.54) is 23.3 Å². The number of phenolic OH excluding ortho intramolecular Hbond substituents is 1. The summed E-state index contributed by atoms with van der Waals surface area (Å²) >= 11 is 0. The van der Waals surface area contributed by atoms with Crippen LogP contribution in [0.1, 0.15) is 32.6 Å². The van der Waals surface area contributed by atoms with Gasteiger partial charge in [0.15, 0.2) is 0 Å². The topological polar surface area (TPSA) is 98.7 Å². The summed E-state index contributed by atoms with van der Waals surface area (Å²) < 4.78 is 0. The summed E-state index contributed by atoms with van der Waals surface area (Å²) in [6.45, 7) is 0. The van der Waals surface area contributed by atoms with Crippen LogP contribution in [0.2, 0.25) is 0 Å². The average molecular weight is 487 g/mol. The molecule has 4 aromatic carbocycles. The fourth-order valence-electron chi connectivity index (χ4n) is 4.97. The minimum atomic E-state index is -1.04. The van der Waals surface area contributed by atoms with Gasteiger partial charge in [0.05, 0.1) is 16.8 Å². The summed E-state index contributed by atoms with van der Waals surface area (Å²) in [5.41, 5.74) is 8.20. The fraction of sp³-hybridized carbons (Fsp3) is 0.0323. The number of nitrogens with one attached hydrogen (secondary N) is 2. The normalized spacial score (nSPS) is 14.6. The molecule has 6 rings (SSSR count). The van der Waals surface area contributed by atoms with Crippen molar-refractivity contribution in [3.05, 3.63) is 119 Å². The van der Waals surface area contributed by atoms with Crippen LogP contribution in [-0.2, 0) is 11.2 Å². The van der Waals surface area contributed by atoms with Gasteiger partial charge >= 0.3 is 5.97 Å². The Morgan fingerprint density at radius 2 is 1.70 bits per heavy atom. The molecule has 0 radical (unpaired) electrons. The molecule has 1 amide bonds. The maximum atomic E-state index is 13.0. The number of para-hydroxylation sites is 1. The number of benzene rings is 4. The Balaban J connectivity index is 1.36. The van der Waals surface area contributed by atoms with Gasteiger partial charge in [0.1, 0.15) is 5.75 Å². The van der Waals surface area contributed by atoms with E-state index in [-0.39, 0.29) is 17.2 Å². The molecule has 4 aromatic rings. The van der Waals surface area contributed by atoms with Crippen molar-refractivity contribution in [2.75, 3.05) is 10.6 Å². The van der Waals surface area contributed by atoms with Crippen LogP contribution in [-0.4, -0.2) is 22.1 Å². The number of fused-ring (bicyclic) bond motifs is 2. The van der Waals surface area contributed by atoms with Crippen LogP contribution in [0.3, 0.4) is 0 Å². The second-order valence-electron chi connectivity index (χ2n) is 9.02. The van der Waals surface area contributed by atoms with Gasteiger partial charge in [-0.15, -0.1) is 0 Å². The number of hydrogen-bond acceptors (Lipinski definition) is 4. The molecule has 6 nitrogen and oxygen atoms in total. The van der Waals surface area contributed by atoms with E-state index in [4.69, 9.17) is 0 Å². The van der Waals surface area contributed by atoms with Gasteiger partial charge in [-0.25, -0.2) is 4.79 Å². The van der Waals surface area contributed by atoms with Gasteiger partial charge in [-0.3, -0.25) is 4.79 Å². The zero-order valence-corrected chi connectivity index (χ0v) is 19.7. The van der Waals surface area contributed by atoms with Crippen molar-refractivity contribution < 1.29 is 19.8 Å². The van der Waals surface area contributed by atoms with E-state index in [0.717, 1.165) is 28.8 Å². The van der Waals surface area contributed by atoms with Gasteiger partial charge in [0.25, 0.3) is 5.91 Å². The van der Waals surface area contributed by atoms with E-state index < -0.39 is 5.97 Å². The maximum absolute atomic E-state index is 13.0. The molecule has 1 heterocycles. The first kappa shape index (κ1) is 22.4. The van der Waals surface area contributed by atoms with Crippen LogP contribution in [0.4, 0.5) is 11.4 Å². The van der Waals surface area contributed by atoms with Crippen LogP contribution in [0.25, 0.3) is 28.3 Å². The average Bonchev–Trinajstić information content (AvgIpc) is 3.48. The largest absolute Gasteiger partial charge is 0.505 e. The van der Waals surface area contributed by atoms with Gasteiger partial charge in [-0.05, 0) is 58.5 Å². The zero-order valence-electron chi connectivity index (χ0n) is 19.7. The molecule has 0 unspecified atom stereocenters. The SMILES string of the molecule is O=C1Nc2cccc(C3=Cc4ccccc4C3)c2/C1=C/Nc1cccc(-c2cccc(C(=O)O)c2)c1O. The number of anilines is 2. The Hall–Kier alpha value is -5.10. The molecular formula is C31H22N2O4. The molecule has 0 bridgehead atoms. The summed E-state index contributed by atoms with van der Waals surface area (Å²) in [5.74, 6) is -1.30. The zero-order chi connectivity index (χ0) is 25.5. The number of amides is 1. The van der Waals surface area contributed by atoms with Crippen molar-refractivity contribution in [1.29, 1.82) is 0 Å². The van der Waals surface area contributed by atoms with E-state index in [1.54, 1.807) is 36.5 Å². The highest BCUT2D eigenvalue weighted by Crippen LogP contribution is 2.42. The first-order valence-electron chi connectivity index (χ1n) is 11.9. The first-order valence-corrected chi connectivity index (χ1v) is 11.9. The molecule has 0 fully saturated rings. The molecule has 0 saturated carbocycles. The van der Waals surface area contributed by atoms with E-state index in [1.807, 2.05) is 30.3 Å². The lowest BCUT2D eigenvalue weighted by molar-refractivity contribution is -0.110. The number of carbonyl (C=O) groups is 2. The van der Waals surface area contributed by atoms with Crippen molar-refractivity contribution in [3.63, 3.8) is 0 Å². The van der Waals surface area contributed by atoms with Crippen LogP contribution in [0.5, 0.6) is 5.75 Å². The highest BCUT2D eigenvalue weighted by atomic mass is 16.4. The summed E-state index contributed by atoms with van der Waals surface area (Å²) in [5, 5.41) is 26.3. The lowest BCUT2D eigenvalue weighted by Crippen LogP contribution is -2.05. The molecule has 1 aliphatic heterocycles. The van der Waals surface area contributed by atoms with E-state index >= 15 is 0 Å². The molecular weight excluding hydrogens is 464 g/mol.